The van der Waals surface area contributed by atoms with Crippen molar-refractivity contribution in [3.63, 3.8) is 0 Å². The van der Waals surface area contributed by atoms with E-state index in [2.05, 4.69) is 23.3 Å². The molecule has 1 amide bonds. The first-order valence-electron chi connectivity index (χ1n) is 3.96. The van der Waals surface area contributed by atoms with Crippen molar-refractivity contribution in [3.8, 4) is 0 Å². The second-order valence-electron chi connectivity index (χ2n) is 2.60. The van der Waals surface area contributed by atoms with Crippen LogP contribution in [0.1, 0.15) is 0 Å². The van der Waals surface area contributed by atoms with E-state index in [9.17, 15) is 4.79 Å². The lowest BCUT2D eigenvalue weighted by Gasteiger charge is -2.06. The van der Waals surface area contributed by atoms with Gasteiger partial charge in [0.25, 0.3) is 0 Å². The molecule has 1 aromatic carbocycles. The number of para-hydroxylation sites is 1. The number of hydrogen-bond acceptors (Lipinski definition) is 3. The number of hydrogen-bond donors (Lipinski definition) is 3. The number of nitrogens with one attached hydrogen (secondary N) is 2. The van der Waals surface area contributed by atoms with Gasteiger partial charge in [0.2, 0.25) is 5.91 Å². The second kappa shape index (κ2) is 4.89. The van der Waals surface area contributed by atoms with Gasteiger partial charge >= 0.3 is 0 Å². The van der Waals surface area contributed by atoms with Gasteiger partial charge in [0.1, 0.15) is 0 Å². The third-order valence-electron chi connectivity index (χ3n) is 1.52. The Balaban J connectivity index is 2.63. The van der Waals surface area contributed by atoms with Gasteiger partial charge in [0.15, 0.2) is 0 Å². The van der Waals surface area contributed by atoms with Crippen LogP contribution in [-0.2, 0) is 4.79 Å². The van der Waals surface area contributed by atoms with E-state index in [1.807, 2.05) is 24.3 Å². The minimum Gasteiger partial charge on any atom is -0.324 e. The maximum absolute atomic E-state index is 11.2. The summed E-state index contributed by atoms with van der Waals surface area (Å²) < 4.78 is 0. The van der Waals surface area contributed by atoms with E-state index in [0.717, 1.165) is 10.6 Å². The van der Waals surface area contributed by atoms with Crippen molar-refractivity contribution in [1.29, 1.82) is 0 Å². The van der Waals surface area contributed by atoms with Crippen LogP contribution < -0.4 is 10.6 Å². The monoisotopic (exact) mass is 196 g/mol. The summed E-state index contributed by atoms with van der Waals surface area (Å²) in [5.74, 6) is -0.0657. The van der Waals surface area contributed by atoms with Gasteiger partial charge in [0, 0.05) is 4.90 Å². The zero-order valence-electron chi connectivity index (χ0n) is 7.37. The molecule has 0 fully saturated rings. The largest absolute Gasteiger partial charge is 0.324 e. The SMILES string of the molecule is CNCC(=O)Nc1ccccc1S. The number of benzene rings is 1. The minimum absolute atomic E-state index is 0.0657. The minimum atomic E-state index is -0.0657. The standard InChI is InChI=1S/C9H12N2OS/c1-10-6-9(12)11-7-4-2-3-5-8(7)13/h2-5,10,13H,6H2,1H3,(H,11,12). The number of thiol groups is 1. The van der Waals surface area contributed by atoms with Crippen molar-refractivity contribution in [2.45, 2.75) is 4.90 Å². The fourth-order valence-electron chi connectivity index (χ4n) is 0.934. The third kappa shape index (κ3) is 3.08. The maximum atomic E-state index is 11.2. The Hall–Kier alpha value is -1.00. The topological polar surface area (TPSA) is 41.1 Å². The molecule has 0 aromatic heterocycles. The van der Waals surface area contributed by atoms with Gasteiger partial charge in [-0.3, -0.25) is 4.79 Å². The Labute approximate surface area is 82.9 Å². The molecule has 0 atom stereocenters. The predicted molar refractivity (Wildman–Crippen MR) is 56.3 cm³/mol. The van der Waals surface area contributed by atoms with Crippen LogP contribution in [0.2, 0.25) is 0 Å². The van der Waals surface area contributed by atoms with Gasteiger partial charge < -0.3 is 10.6 Å². The maximum Gasteiger partial charge on any atom is 0.238 e. The molecule has 0 aliphatic carbocycles. The molecule has 4 heteroatoms. The van der Waals surface area contributed by atoms with Crippen LogP contribution in [-0.4, -0.2) is 19.5 Å². The molecular weight excluding hydrogens is 184 g/mol. The molecule has 1 rings (SSSR count). The van der Waals surface area contributed by atoms with Crippen molar-refractivity contribution < 1.29 is 4.79 Å². The van der Waals surface area contributed by atoms with Crippen molar-refractivity contribution >= 4 is 24.2 Å². The van der Waals surface area contributed by atoms with Gasteiger partial charge in [-0.05, 0) is 19.2 Å². The lowest BCUT2D eigenvalue weighted by molar-refractivity contribution is -0.115. The zero-order chi connectivity index (χ0) is 9.68. The molecule has 70 valence electrons. The fraction of sp³-hybridized carbons (Fsp3) is 0.222. The molecule has 0 aliphatic rings. The molecule has 0 saturated carbocycles. The summed E-state index contributed by atoms with van der Waals surface area (Å²) >= 11 is 4.21. The third-order valence-corrected chi connectivity index (χ3v) is 1.91. The summed E-state index contributed by atoms with van der Waals surface area (Å²) in [6.07, 6.45) is 0. The van der Waals surface area contributed by atoms with Crippen molar-refractivity contribution in [1.82, 2.24) is 5.32 Å². The van der Waals surface area contributed by atoms with Crippen LogP contribution in [0, 0.1) is 0 Å². The smallest absolute Gasteiger partial charge is 0.238 e. The summed E-state index contributed by atoms with van der Waals surface area (Å²) in [5, 5.41) is 5.50. The number of amides is 1. The summed E-state index contributed by atoms with van der Waals surface area (Å²) in [6, 6.07) is 7.37. The fourth-order valence-corrected chi connectivity index (χ4v) is 1.15. The molecular formula is C9H12N2OS. The van der Waals surface area contributed by atoms with E-state index in [0.29, 0.717) is 6.54 Å². The molecule has 3 nitrogen and oxygen atoms in total. The highest BCUT2D eigenvalue weighted by Crippen LogP contribution is 2.17. The highest BCUT2D eigenvalue weighted by atomic mass is 32.1. The molecule has 0 bridgehead atoms. The summed E-state index contributed by atoms with van der Waals surface area (Å²) in [5.41, 5.74) is 0.742. The molecule has 0 unspecified atom stereocenters. The summed E-state index contributed by atoms with van der Waals surface area (Å²) in [4.78, 5) is 11.9. The number of carbonyl (C=O) groups is 1. The molecule has 1 aromatic rings. The molecule has 0 heterocycles. The molecule has 2 N–H and O–H groups in total. The Morgan fingerprint density at radius 2 is 2.15 bits per heavy atom. The number of anilines is 1. The van der Waals surface area contributed by atoms with Crippen LogP contribution >= 0.6 is 12.6 Å². The lowest BCUT2D eigenvalue weighted by Crippen LogP contribution is -2.25. The summed E-state index contributed by atoms with van der Waals surface area (Å²) in [6.45, 7) is 0.308. The predicted octanol–water partition coefficient (Wildman–Crippen LogP) is 1.13. The highest BCUT2D eigenvalue weighted by Gasteiger charge is 2.01. The van der Waals surface area contributed by atoms with Gasteiger partial charge in [-0.25, -0.2) is 0 Å². The van der Waals surface area contributed by atoms with E-state index in [4.69, 9.17) is 0 Å². The van der Waals surface area contributed by atoms with E-state index < -0.39 is 0 Å². The zero-order valence-corrected chi connectivity index (χ0v) is 8.27. The van der Waals surface area contributed by atoms with E-state index >= 15 is 0 Å². The van der Waals surface area contributed by atoms with E-state index in [-0.39, 0.29) is 5.91 Å². The van der Waals surface area contributed by atoms with Crippen molar-refractivity contribution in [2.75, 3.05) is 18.9 Å². The Kier molecular flexibility index (Phi) is 3.79. The van der Waals surface area contributed by atoms with Crippen LogP contribution in [0.25, 0.3) is 0 Å². The number of rotatable bonds is 3. The molecule has 0 saturated heterocycles. The number of carbonyl (C=O) groups excluding carboxylic acids is 1. The molecule has 0 aliphatic heterocycles. The average Bonchev–Trinajstić information content (AvgIpc) is 2.09. The quantitative estimate of drug-likeness (QED) is 0.634. The van der Waals surface area contributed by atoms with E-state index in [1.54, 1.807) is 7.05 Å². The van der Waals surface area contributed by atoms with Gasteiger partial charge in [-0.15, -0.1) is 12.6 Å². The molecule has 0 radical (unpaired) electrons. The van der Waals surface area contributed by atoms with Crippen LogP contribution in [0.3, 0.4) is 0 Å². The van der Waals surface area contributed by atoms with Crippen LogP contribution in [0.5, 0.6) is 0 Å². The average molecular weight is 196 g/mol. The van der Waals surface area contributed by atoms with E-state index in [1.165, 1.54) is 0 Å². The first-order valence-corrected chi connectivity index (χ1v) is 4.41. The van der Waals surface area contributed by atoms with Crippen molar-refractivity contribution in [3.05, 3.63) is 24.3 Å². The Morgan fingerprint density at radius 3 is 2.77 bits per heavy atom. The Morgan fingerprint density at radius 1 is 1.46 bits per heavy atom. The molecule has 13 heavy (non-hydrogen) atoms. The number of likely N-dealkylation sites (N-methyl/N-ethyl adjacent to an activating group) is 1. The second-order valence-corrected chi connectivity index (χ2v) is 3.08. The first-order chi connectivity index (χ1) is 6.24. The molecule has 0 spiro atoms. The van der Waals surface area contributed by atoms with Gasteiger partial charge in [-0.2, -0.15) is 0 Å². The van der Waals surface area contributed by atoms with Gasteiger partial charge in [0.05, 0.1) is 12.2 Å². The van der Waals surface area contributed by atoms with Gasteiger partial charge in [-0.1, -0.05) is 12.1 Å². The first kappa shape index (κ1) is 10.1. The van der Waals surface area contributed by atoms with Crippen LogP contribution in [0.15, 0.2) is 29.2 Å². The highest BCUT2D eigenvalue weighted by molar-refractivity contribution is 7.80. The van der Waals surface area contributed by atoms with Crippen LogP contribution in [0.4, 0.5) is 5.69 Å². The lowest BCUT2D eigenvalue weighted by atomic mass is 10.3. The summed E-state index contributed by atoms with van der Waals surface area (Å²) in [7, 11) is 1.73. The van der Waals surface area contributed by atoms with Crippen molar-refractivity contribution in [2.24, 2.45) is 0 Å². The normalized spacial score (nSPS) is 9.69. The Bertz CT molecular complexity index is 301.